The molecule has 7 heteroatoms. The van der Waals surface area contributed by atoms with E-state index in [-0.39, 0.29) is 12.5 Å². The van der Waals surface area contributed by atoms with Gasteiger partial charge in [-0.1, -0.05) is 6.92 Å². The van der Waals surface area contributed by atoms with Crippen molar-refractivity contribution in [2.24, 2.45) is 5.92 Å². The van der Waals surface area contributed by atoms with Crippen molar-refractivity contribution >= 4 is 16.0 Å². The van der Waals surface area contributed by atoms with Gasteiger partial charge in [-0.05, 0) is 19.3 Å². The standard InChI is InChI=1S/C9H14N2O4S/c1-6-3-4-11(8(6)9(12)13)16(14,15)7(2)5-10/h6-8H,3-4H2,1-2H3,(H,12,13). The first-order valence-corrected chi connectivity index (χ1v) is 6.45. The van der Waals surface area contributed by atoms with Gasteiger partial charge in [-0.2, -0.15) is 9.57 Å². The van der Waals surface area contributed by atoms with Gasteiger partial charge in [0.05, 0.1) is 6.07 Å². The van der Waals surface area contributed by atoms with Crippen molar-refractivity contribution in [2.45, 2.75) is 31.6 Å². The quantitative estimate of drug-likeness (QED) is 0.757. The molecule has 1 N–H and O–H groups in total. The smallest absolute Gasteiger partial charge is 0.322 e. The Morgan fingerprint density at radius 3 is 2.62 bits per heavy atom. The topological polar surface area (TPSA) is 98.5 Å². The maximum absolute atomic E-state index is 11.9. The monoisotopic (exact) mass is 246 g/mol. The number of carboxylic acids is 1. The number of rotatable bonds is 3. The van der Waals surface area contributed by atoms with Gasteiger partial charge in [0.15, 0.2) is 5.25 Å². The summed E-state index contributed by atoms with van der Waals surface area (Å²) in [7, 11) is -3.82. The fraction of sp³-hybridized carbons (Fsp3) is 0.778. The Bertz CT molecular complexity index is 425. The third kappa shape index (κ3) is 2.03. The molecule has 0 aromatic carbocycles. The second-order valence-corrected chi connectivity index (χ2v) is 6.18. The summed E-state index contributed by atoms with van der Waals surface area (Å²) >= 11 is 0. The van der Waals surface area contributed by atoms with Crippen LogP contribution < -0.4 is 0 Å². The van der Waals surface area contributed by atoms with E-state index in [1.165, 1.54) is 6.92 Å². The third-order valence-electron chi connectivity index (χ3n) is 2.86. The van der Waals surface area contributed by atoms with Crippen molar-refractivity contribution in [3.8, 4) is 6.07 Å². The number of nitrogens with zero attached hydrogens (tertiary/aromatic N) is 2. The Kier molecular flexibility index (Phi) is 3.55. The van der Waals surface area contributed by atoms with Crippen molar-refractivity contribution in [2.75, 3.05) is 6.54 Å². The molecule has 0 saturated carbocycles. The van der Waals surface area contributed by atoms with Crippen LogP contribution in [0.25, 0.3) is 0 Å². The highest BCUT2D eigenvalue weighted by Gasteiger charge is 2.45. The highest BCUT2D eigenvalue weighted by atomic mass is 32.2. The summed E-state index contributed by atoms with van der Waals surface area (Å²) in [5.74, 6) is -1.38. The van der Waals surface area contributed by atoms with Crippen molar-refractivity contribution < 1.29 is 18.3 Å². The van der Waals surface area contributed by atoms with E-state index in [9.17, 15) is 13.2 Å². The molecule has 90 valence electrons. The molecular weight excluding hydrogens is 232 g/mol. The maximum atomic E-state index is 11.9. The Morgan fingerprint density at radius 1 is 1.62 bits per heavy atom. The molecule has 3 unspecified atom stereocenters. The third-order valence-corrected chi connectivity index (χ3v) is 4.92. The lowest BCUT2D eigenvalue weighted by molar-refractivity contribution is -0.141. The summed E-state index contributed by atoms with van der Waals surface area (Å²) in [6.07, 6.45) is 0.508. The SMILES string of the molecule is CC1CCN(S(=O)(=O)C(C)C#N)C1C(=O)O. The van der Waals surface area contributed by atoms with Gasteiger partial charge in [-0.25, -0.2) is 8.42 Å². The van der Waals surface area contributed by atoms with Crippen molar-refractivity contribution in [3.05, 3.63) is 0 Å². The molecule has 16 heavy (non-hydrogen) atoms. The van der Waals surface area contributed by atoms with Gasteiger partial charge < -0.3 is 5.11 Å². The van der Waals surface area contributed by atoms with E-state index >= 15 is 0 Å². The molecule has 1 aliphatic heterocycles. The van der Waals surface area contributed by atoms with Gasteiger partial charge in [-0.15, -0.1) is 0 Å². The molecule has 0 aromatic heterocycles. The Hall–Kier alpha value is -1.13. The van der Waals surface area contributed by atoms with Crippen LogP contribution in [0.5, 0.6) is 0 Å². The lowest BCUT2D eigenvalue weighted by Crippen LogP contribution is -2.45. The first-order valence-electron chi connectivity index (χ1n) is 4.95. The van der Waals surface area contributed by atoms with Gasteiger partial charge >= 0.3 is 5.97 Å². The number of aliphatic carboxylic acids is 1. The molecule has 0 aromatic rings. The van der Waals surface area contributed by atoms with Crippen LogP contribution in [-0.4, -0.2) is 41.6 Å². The predicted octanol–water partition coefficient (Wildman–Crippen LogP) is 0.0233. The minimum Gasteiger partial charge on any atom is -0.480 e. The number of carboxylic acid groups (broad SMARTS) is 1. The Morgan fingerprint density at radius 2 is 2.19 bits per heavy atom. The second-order valence-electron chi connectivity index (χ2n) is 3.98. The van der Waals surface area contributed by atoms with E-state index in [1.54, 1.807) is 13.0 Å². The lowest BCUT2D eigenvalue weighted by atomic mass is 10.0. The molecule has 1 fully saturated rings. The molecule has 3 atom stereocenters. The van der Waals surface area contributed by atoms with Crippen LogP contribution in [0.3, 0.4) is 0 Å². The molecule has 0 spiro atoms. The summed E-state index contributed by atoms with van der Waals surface area (Å²) in [6.45, 7) is 3.13. The summed E-state index contributed by atoms with van der Waals surface area (Å²) in [6, 6.07) is 0.593. The van der Waals surface area contributed by atoms with E-state index in [0.717, 1.165) is 4.31 Å². The fourth-order valence-electron chi connectivity index (χ4n) is 1.83. The van der Waals surface area contributed by atoms with Crippen LogP contribution in [0, 0.1) is 17.2 Å². The van der Waals surface area contributed by atoms with Crippen LogP contribution in [-0.2, 0) is 14.8 Å². The zero-order valence-corrected chi connectivity index (χ0v) is 9.94. The first kappa shape index (κ1) is 12.9. The molecule has 1 saturated heterocycles. The number of hydrogen-bond donors (Lipinski definition) is 1. The number of sulfonamides is 1. The van der Waals surface area contributed by atoms with Gasteiger partial charge in [-0.3, -0.25) is 4.79 Å². The van der Waals surface area contributed by atoms with Crippen molar-refractivity contribution in [1.29, 1.82) is 5.26 Å². The van der Waals surface area contributed by atoms with Gasteiger partial charge in [0.2, 0.25) is 10.0 Å². The van der Waals surface area contributed by atoms with Gasteiger partial charge in [0.1, 0.15) is 6.04 Å². The summed E-state index contributed by atoms with van der Waals surface area (Å²) < 4.78 is 24.7. The van der Waals surface area contributed by atoms with E-state index in [4.69, 9.17) is 10.4 Å². The molecule has 0 radical (unpaired) electrons. The first-order chi connectivity index (χ1) is 7.32. The van der Waals surface area contributed by atoms with Crippen LogP contribution in [0.2, 0.25) is 0 Å². The van der Waals surface area contributed by atoms with Crippen LogP contribution in [0.1, 0.15) is 20.3 Å². The van der Waals surface area contributed by atoms with E-state index in [2.05, 4.69) is 0 Å². The molecule has 0 amide bonds. The average Bonchev–Trinajstić information content (AvgIpc) is 2.59. The Balaban J connectivity index is 3.06. The molecule has 1 aliphatic rings. The predicted molar refractivity (Wildman–Crippen MR) is 55.9 cm³/mol. The summed E-state index contributed by atoms with van der Waals surface area (Å²) in [5, 5.41) is 16.4. The molecule has 1 heterocycles. The van der Waals surface area contributed by atoms with Gasteiger partial charge in [0, 0.05) is 6.54 Å². The molecule has 0 bridgehead atoms. The van der Waals surface area contributed by atoms with Crippen LogP contribution >= 0.6 is 0 Å². The van der Waals surface area contributed by atoms with E-state index in [0.29, 0.717) is 6.42 Å². The normalized spacial score (nSPS) is 28.6. The molecule has 6 nitrogen and oxygen atoms in total. The van der Waals surface area contributed by atoms with E-state index < -0.39 is 27.3 Å². The zero-order chi connectivity index (χ0) is 12.5. The largest absolute Gasteiger partial charge is 0.480 e. The second kappa shape index (κ2) is 4.39. The van der Waals surface area contributed by atoms with Gasteiger partial charge in [0.25, 0.3) is 0 Å². The lowest BCUT2D eigenvalue weighted by Gasteiger charge is -2.23. The van der Waals surface area contributed by atoms with E-state index in [1.807, 2.05) is 0 Å². The van der Waals surface area contributed by atoms with Crippen molar-refractivity contribution in [3.63, 3.8) is 0 Å². The summed E-state index contributed by atoms with van der Waals surface area (Å²) in [4.78, 5) is 11.0. The number of nitriles is 1. The zero-order valence-electron chi connectivity index (χ0n) is 9.12. The fourth-order valence-corrected chi connectivity index (χ4v) is 3.35. The number of hydrogen-bond acceptors (Lipinski definition) is 4. The molecular formula is C9H14N2O4S. The van der Waals surface area contributed by atoms with Crippen LogP contribution in [0.15, 0.2) is 0 Å². The Labute approximate surface area is 94.5 Å². The minimum atomic E-state index is -3.82. The highest BCUT2D eigenvalue weighted by Crippen LogP contribution is 2.28. The minimum absolute atomic E-state index is 0.173. The summed E-state index contributed by atoms with van der Waals surface area (Å²) in [5.41, 5.74) is 0. The molecule has 0 aliphatic carbocycles. The van der Waals surface area contributed by atoms with Crippen molar-refractivity contribution in [1.82, 2.24) is 4.31 Å². The average molecular weight is 246 g/mol. The molecule has 1 rings (SSSR count). The number of carbonyl (C=O) groups is 1. The van der Waals surface area contributed by atoms with Crippen LogP contribution in [0.4, 0.5) is 0 Å². The highest BCUT2D eigenvalue weighted by molar-refractivity contribution is 7.90. The maximum Gasteiger partial charge on any atom is 0.322 e.